The molecule has 0 unspecified atom stereocenters. The molecule has 0 aromatic carbocycles. The van der Waals surface area contributed by atoms with E-state index in [1.165, 1.54) is 6.42 Å². The number of aryl methyl sites for hydroxylation is 2. The minimum atomic E-state index is -0.190. The Morgan fingerprint density at radius 1 is 1.30 bits per heavy atom. The molecule has 1 aliphatic rings. The van der Waals surface area contributed by atoms with E-state index >= 15 is 0 Å². The fourth-order valence-electron chi connectivity index (χ4n) is 3.43. The van der Waals surface area contributed by atoms with E-state index in [2.05, 4.69) is 22.3 Å². The van der Waals surface area contributed by atoms with Gasteiger partial charge in [0.05, 0.1) is 0 Å². The molecule has 5 heteroatoms. The standard InChI is InChI=1S/C18H32N4O/c1-6-7-12-22-16(19-13(2)21-22)14-10-8-9-11-15(14)17(23)20-18(3,4)5/h14-15H,6-12H2,1-5H3,(H,20,23)/t14-,15+/m0/s1. The van der Waals surface area contributed by atoms with Crippen LogP contribution in [0, 0.1) is 12.8 Å². The van der Waals surface area contributed by atoms with E-state index in [1.807, 2.05) is 32.4 Å². The van der Waals surface area contributed by atoms with E-state index in [-0.39, 0.29) is 23.3 Å². The maximum atomic E-state index is 12.8. The van der Waals surface area contributed by atoms with Crippen LogP contribution in [0.4, 0.5) is 0 Å². The SMILES string of the molecule is CCCCn1nc(C)nc1[C@H]1CCCC[C@H]1C(=O)NC(C)(C)C. The van der Waals surface area contributed by atoms with Crippen molar-refractivity contribution in [3.05, 3.63) is 11.6 Å². The van der Waals surface area contributed by atoms with Gasteiger partial charge in [-0.1, -0.05) is 26.2 Å². The molecule has 1 heterocycles. The number of aromatic nitrogens is 3. The van der Waals surface area contributed by atoms with Crippen LogP contribution in [0.25, 0.3) is 0 Å². The largest absolute Gasteiger partial charge is 0.351 e. The highest BCUT2D eigenvalue weighted by Crippen LogP contribution is 2.37. The molecular weight excluding hydrogens is 288 g/mol. The summed E-state index contributed by atoms with van der Waals surface area (Å²) in [5, 5.41) is 7.73. The average Bonchev–Trinajstić information content (AvgIpc) is 2.84. The minimum absolute atomic E-state index is 0.0203. The molecule has 1 fully saturated rings. The van der Waals surface area contributed by atoms with Crippen LogP contribution in [0.5, 0.6) is 0 Å². The van der Waals surface area contributed by atoms with Crippen LogP contribution in [0.2, 0.25) is 0 Å². The van der Waals surface area contributed by atoms with Crippen LogP contribution in [-0.4, -0.2) is 26.2 Å². The van der Waals surface area contributed by atoms with Crippen molar-refractivity contribution in [3.63, 3.8) is 0 Å². The van der Waals surface area contributed by atoms with Crippen LogP contribution in [0.1, 0.15) is 83.8 Å². The molecule has 0 aliphatic heterocycles. The molecular formula is C18H32N4O. The van der Waals surface area contributed by atoms with E-state index in [4.69, 9.17) is 0 Å². The van der Waals surface area contributed by atoms with E-state index in [9.17, 15) is 4.79 Å². The molecule has 1 aromatic rings. The van der Waals surface area contributed by atoms with Crippen LogP contribution in [0.3, 0.4) is 0 Å². The highest BCUT2D eigenvalue weighted by molar-refractivity contribution is 5.80. The maximum Gasteiger partial charge on any atom is 0.224 e. The lowest BCUT2D eigenvalue weighted by Crippen LogP contribution is -2.46. The number of nitrogens with zero attached hydrogens (tertiary/aromatic N) is 3. The zero-order valence-corrected chi connectivity index (χ0v) is 15.4. The highest BCUT2D eigenvalue weighted by atomic mass is 16.2. The lowest BCUT2D eigenvalue weighted by Gasteiger charge is -2.32. The molecule has 1 aromatic heterocycles. The summed E-state index contributed by atoms with van der Waals surface area (Å²) in [6.07, 6.45) is 6.52. The predicted octanol–water partition coefficient (Wildman–Crippen LogP) is 3.58. The van der Waals surface area contributed by atoms with Gasteiger partial charge >= 0.3 is 0 Å². The number of amides is 1. The first-order valence-corrected chi connectivity index (χ1v) is 9.05. The van der Waals surface area contributed by atoms with Crippen molar-refractivity contribution in [1.82, 2.24) is 20.1 Å². The Kier molecular flexibility index (Phi) is 5.82. The molecule has 1 N–H and O–H groups in total. The third-order valence-electron chi connectivity index (χ3n) is 4.46. The Morgan fingerprint density at radius 3 is 2.65 bits per heavy atom. The van der Waals surface area contributed by atoms with Gasteiger partial charge in [-0.15, -0.1) is 0 Å². The topological polar surface area (TPSA) is 59.8 Å². The second-order valence-corrected chi connectivity index (χ2v) is 7.83. The summed E-state index contributed by atoms with van der Waals surface area (Å²) in [6, 6.07) is 0. The lowest BCUT2D eigenvalue weighted by molar-refractivity contribution is -0.128. The van der Waals surface area contributed by atoms with E-state index in [0.717, 1.165) is 50.3 Å². The van der Waals surface area contributed by atoms with Gasteiger partial charge in [0.25, 0.3) is 0 Å². The number of nitrogens with one attached hydrogen (secondary N) is 1. The number of unbranched alkanes of at least 4 members (excludes halogenated alkanes) is 1. The summed E-state index contributed by atoms with van der Waals surface area (Å²) in [5.41, 5.74) is -0.190. The number of rotatable bonds is 5. The van der Waals surface area contributed by atoms with Crippen molar-refractivity contribution in [2.45, 2.75) is 91.1 Å². The number of hydrogen-bond acceptors (Lipinski definition) is 3. The van der Waals surface area contributed by atoms with Gasteiger partial charge in [0, 0.05) is 23.9 Å². The summed E-state index contributed by atoms with van der Waals surface area (Å²) >= 11 is 0. The van der Waals surface area contributed by atoms with Crippen molar-refractivity contribution < 1.29 is 4.79 Å². The summed E-state index contributed by atoms with van der Waals surface area (Å²) < 4.78 is 2.05. The Balaban J connectivity index is 2.22. The molecule has 1 amide bonds. The Morgan fingerprint density at radius 2 is 2.00 bits per heavy atom. The van der Waals surface area contributed by atoms with Crippen molar-refractivity contribution in [2.24, 2.45) is 5.92 Å². The monoisotopic (exact) mass is 320 g/mol. The molecule has 2 rings (SSSR count). The van der Waals surface area contributed by atoms with E-state index in [1.54, 1.807) is 0 Å². The first-order chi connectivity index (χ1) is 10.8. The molecule has 2 atom stereocenters. The zero-order chi connectivity index (χ0) is 17.0. The second-order valence-electron chi connectivity index (χ2n) is 7.83. The molecule has 23 heavy (non-hydrogen) atoms. The summed E-state index contributed by atoms with van der Waals surface area (Å²) in [6.45, 7) is 11.1. The summed E-state index contributed by atoms with van der Waals surface area (Å²) in [5.74, 6) is 2.22. The van der Waals surface area contributed by atoms with Crippen molar-refractivity contribution in [1.29, 1.82) is 0 Å². The Labute approximate surface area is 140 Å². The van der Waals surface area contributed by atoms with Crippen molar-refractivity contribution >= 4 is 5.91 Å². The number of hydrogen-bond donors (Lipinski definition) is 1. The fourth-order valence-corrected chi connectivity index (χ4v) is 3.43. The smallest absolute Gasteiger partial charge is 0.224 e. The fraction of sp³-hybridized carbons (Fsp3) is 0.833. The first kappa shape index (κ1) is 18.0. The van der Waals surface area contributed by atoms with Gasteiger partial charge in [-0.25, -0.2) is 9.67 Å². The summed E-state index contributed by atoms with van der Waals surface area (Å²) in [7, 11) is 0. The van der Waals surface area contributed by atoms with Gasteiger partial charge < -0.3 is 5.32 Å². The van der Waals surface area contributed by atoms with Crippen LogP contribution in [0.15, 0.2) is 0 Å². The molecule has 0 bridgehead atoms. The normalized spacial score (nSPS) is 22.1. The molecule has 0 spiro atoms. The zero-order valence-electron chi connectivity index (χ0n) is 15.4. The van der Waals surface area contributed by atoms with Gasteiger partial charge in [0.15, 0.2) is 0 Å². The third kappa shape index (κ3) is 4.79. The first-order valence-electron chi connectivity index (χ1n) is 9.05. The van der Waals surface area contributed by atoms with Crippen LogP contribution < -0.4 is 5.32 Å². The molecule has 0 radical (unpaired) electrons. The third-order valence-corrected chi connectivity index (χ3v) is 4.46. The average molecular weight is 320 g/mol. The molecule has 1 saturated carbocycles. The Hall–Kier alpha value is -1.39. The molecule has 1 aliphatic carbocycles. The van der Waals surface area contributed by atoms with Gasteiger partial charge in [0.2, 0.25) is 5.91 Å². The van der Waals surface area contributed by atoms with Gasteiger partial charge in [-0.05, 0) is 47.0 Å². The van der Waals surface area contributed by atoms with E-state index < -0.39 is 0 Å². The Bertz CT molecular complexity index is 530. The maximum absolute atomic E-state index is 12.8. The van der Waals surface area contributed by atoms with Crippen LogP contribution >= 0.6 is 0 Å². The van der Waals surface area contributed by atoms with Gasteiger partial charge in [-0.3, -0.25) is 4.79 Å². The van der Waals surface area contributed by atoms with Crippen molar-refractivity contribution in [2.75, 3.05) is 0 Å². The quantitative estimate of drug-likeness (QED) is 0.902. The summed E-state index contributed by atoms with van der Waals surface area (Å²) in [4.78, 5) is 17.4. The molecule has 0 saturated heterocycles. The van der Waals surface area contributed by atoms with Gasteiger partial charge in [0.1, 0.15) is 11.6 Å². The number of carbonyl (C=O) groups is 1. The predicted molar refractivity (Wildman–Crippen MR) is 92.3 cm³/mol. The molecule has 5 nitrogen and oxygen atoms in total. The van der Waals surface area contributed by atoms with Crippen molar-refractivity contribution in [3.8, 4) is 0 Å². The number of carbonyl (C=O) groups excluding carboxylic acids is 1. The lowest BCUT2D eigenvalue weighted by atomic mass is 9.77. The molecule has 130 valence electrons. The highest BCUT2D eigenvalue weighted by Gasteiger charge is 2.36. The van der Waals surface area contributed by atoms with Gasteiger partial charge in [-0.2, -0.15) is 5.10 Å². The van der Waals surface area contributed by atoms with Crippen LogP contribution in [-0.2, 0) is 11.3 Å². The van der Waals surface area contributed by atoms with E-state index in [0.29, 0.717) is 0 Å². The second kappa shape index (κ2) is 7.45. The minimum Gasteiger partial charge on any atom is -0.351 e.